The minimum Gasteiger partial charge on any atom is -0.490 e. The van der Waals surface area contributed by atoms with E-state index in [1.807, 2.05) is 0 Å². The molecule has 1 heterocycles. The summed E-state index contributed by atoms with van der Waals surface area (Å²) in [6.07, 6.45) is 0.563. The lowest BCUT2D eigenvalue weighted by Crippen LogP contribution is -2.23. The molecule has 1 atom stereocenters. The normalized spacial score (nSPS) is 17.3. The Morgan fingerprint density at radius 2 is 2.08 bits per heavy atom. The summed E-state index contributed by atoms with van der Waals surface area (Å²) in [7, 11) is 1.42. The summed E-state index contributed by atoms with van der Waals surface area (Å²) >= 11 is 0.863. The molecule has 1 aliphatic heterocycles. The standard InChI is InChI=1S/C16H17NO6S/c1-4-22-12-7-10(5-6-11(12)23-9(2)15(19)20)8-13-14(18)17(3)16(21)24-13/h5-9H,4H2,1-3H3,(H,19,20)/b13-8+/t9-/m1/s1. The van der Waals surface area contributed by atoms with Crippen LogP contribution >= 0.6 is 11.8 Å². The lowest BCUT2D eigenvalue weighted by atomic mass is 10.2. The summed E-state index contributed by atoms with van der Waals surface area (Å²) in [5.74, 6) is -0.775. The predicted molar refractivity (Wildman–Crippen MR) is 89.1 cm³/mol. The Morgan fingerprint density at radius 3 is 2.62 bits per heavy atom. The second kappa shape index (κ2) is 7.39. The number of nitrogens with zero attached hydrogens (tertiary/aromatic N) is 1. The molecule has 128 valence electrons. The van der Waals surface area contributed by atoms with Crippen LogP contribution in [-0.2, 0) is 9.59 Å². The number of ether oxygens (including phenoxy) is 2. The van der Waals surface area contributed by atoms with Crippen molar-refractivity contribution in [2.75, 3.05) is 13.7 Å². The van der Waals surface area contributed by atoms with Crippen molar-refractivity contribution in [1.82, 2.24) is 4.90 Å². The quantitative estimate of drug-likeness (QED) is 0.787. The first-order valence-electron chi connectivity index (χ1n) is 7.21. The van der Waals surface area contributed by atoms with Gasteiger partial charge >= 0.3 is 5.97 Å². The van der Waals surface area contributed by atoms with Crippen LogP contribution in [0.5, 0.6) is 11.5 Å². The van der Waals surface area contributed by atoms with Gasteiger partial charge in [0.1, 0.15) is 0 Å². The second-order valence-electron chi connectivity index (χ2n) is 4.98. The van der Waals surface area contributed by atoms with E-state index >= 15 is 0 Å². The number of aliphatic carboxylic acids is 1. The van der Waals surface area contributed by atoms with Gasteiger partial charge in [0.2, 0.25) is 0 Å². The third kappa shape index (κ3) is 3.88. The molecule has 24 heavy (non-hydrogen) atoms. The number of amides is 2. The maximum atomic E-state index is 11.9. The van der Waals surface area contributed by atoms with Crippen LogP contribution in [0.1, 0.15) is 19.4 Å². The molecule has 0 aromatic heterocycles. The molecule has 1 aliphatic rings. The van der Waals surface area contributed by atoms with Gasteiger partial charge in [0.15, 0.2) is 17.6 Å². The highest BCUT2D eigenvalue weighted by molar-refractivity contribution is 8.18. The lowest BCUT2D eigenvalue weighted by Gasteiger charge is -2.15. The van der Waals surface area contributed by atoms with Gasteiger partial charge in [0, 0.05) is 7.05 Å². The van der Waals surface area contributed by atoms with Crippen LogP contribution in [0.25, 0.3) is 6.08 Å². The summed E-state index contributed by atoms with van der Waals surface area (Å²) in [5, 5.41) is 8.61. The fourth-order valence-corrected chi connectivity index (χ4v) is 2.75. The van der Waals surface area contributed by atoms with E-state index in [0.29, 0.717) is 28.6 Å². The van der Waals surface area contributed by atoms with E-state index in [9.17, 15) is 14.4 Å². The zero-order valence-electron chi connectivity index (χ0n) is 13.4. The second-order valence-corrected chi connectivity index (χ2v) is 5.97. The van der Waals surface area contributed by atoms with E-state index in [4.69, 9.17) is 14.6 Å². The summed E-state index contributed by atoms with van der Waals surface area (Å²) in [4.78, 5) is 35.7. The number of carbonyl (C=O) groups excluding carboxylic acids is 2. The molecule has 0 spiro atoms. The number of likely N-dealkylation sites (N-methyl/N-ethyl adjacent to an activating group) is 1. The Labute approximate surface area is 143 Å². The molecule has 0 radical (unpaired) electrons. The highest BCUT2D eigenvalue weighted by atomic mass is 32.2. The molecule has 0 bridgehead atoms. The number of carboxylic acid groups (broad SMARTS) is 1. The summed E-state index contributed by atoms with van der Waals surface area (Å²) in [6.45, 7) is 3.58. The first kappa shape index (κ1) is 17.9. The van der Waals surface area contributed by atoms with Crippen LogP contribution in [0.2, 0.25) is 0 Å². The molecule has 0 saturated carbocycles. The van der Waals surface area contributed by atoms with Crippen LogP contribution in [0.15, 0.2) is 23.1 Å². The zero-order valence-corrected chi connectivity index (χ0v) is 14.3. The largest absolute Gasteiger partial charge is 0.490 e. The molecule has 1 saturated heterocycles. The van der Waals surface area contributed by atoms with Gasteiger partial charge in [-0.25, -0.2) is 4.79 Å². The molecule has 8 heteroatoms. The van der Waals surface area contributed by atoms with Crippen LogP contribution in [0.4, 0.5) is 4.79 Å². The summed E-state index contributed by atoms with van der Waals surface area (Å²) in [5.41, 5.74) is 0.646. The maximum absolute atomic E-state index is 11.9. The average molecular weight is 351 g/mol. The van der Waals surface area contributed by atoms with E-state index in [2.05, 4.69) is 0 Å². The third-order valence-electron chi connectivity index (χ3n) is 3.20. The Hall–Kier alpha value is -2.48. The van der Waals surface area contributed by atoms with Gasteiger partial charge in [-0.3, -0.25) is 14.5 Å². The smallest absolute Gasteiger partial charge is 0.344 e. The van der Waals surface area contributed by atoms with Gasteiger partial charge in [0.05, 0.1) is 11.5 Å². The maximum Gasteiger partial charge on any atom is 0.344 e. The van der Waals surface area contributed by atoms with Crippen LogP contribution in [0, 0.1) is 0 Å². The molecule has 2 amide bonds. The fourth-order valence-electron chi connectivity index (χ4n) is 1.92. The first-order valence-corrected chi connectivity index (χ1v) is 8.03. The minimum absolute atomic E-state index is 0.299. The minimum atomic E-state index is -1.09. The Morgan fingerprint density at radius 1 is 1.38 bits per heavy atom. The highest BCUT2D eigenvalue weighted by Gasteiger charge is 2.31. The SMILES string of the molecule is CCOc1cc(/C=C2/SC(=O)N(C)C2=O)ccc1O[C@H](C)C(=O)O. The molecule has 1 N–H and O–H groups in total. The Balaban J connectivity index is 2.30. The monoisotopic (exact) mass is 351 g/mol. The van der Waals surface area contributed by atoms with Gasteiger partial charge in [-0.1, -0.05) is 6.07 Å². The van der Waals surface area contributed by atoms with Crippen molar-refractivity contribution in [3.05, 3.63) is 28.7 Å². The number of carboxylic acids is 1. The predicted octanol–water partition coefficient (Wildman–Crippen LogP) is 2.60. The number of carbonyl (C=O) groups is 3. The van der Waals surface area contributed by atoms with E-state index in [-0.39, 0.29) is 11.1 Å². The number of hydrogen-bond acceptors (Lipinski definition) is 6. The molecule has 1 fully saturated rings. The van der Waals surface area contributed by atoms with Gasteiger partial charge in [0.25, 0.3) is 11.1 Å². The molecule has 0 aliphatic carbocycles. The topological polar surface area (TPSA) is 93.1 Å². The molecular weight excluding hydrogens is 334 g/mol. The summed E-state index contributed by atoms with van der Waals surface area (Å²) in [6, 6.07) is 4.87. The number of thioether (sulfide) groups is 1. The van der Waals surface area contributed by atoms with Crippen molar-refractivity contribution >= 4 is 35.0 Å². The molecule has 1 aromatic carbocycles. The van der Waals surface area contributed by atoms with Gasteiger partial charge in [-0.15, -0.1) is 0 Å². The number of benzene rings is 1. The van der Waals surface area contributed by atoms with Gasteiger partial charge in [-0.05, 0) is 49.4 Å². The lowest BCUT2D eigenvalue weighted by molar-refractivity contribution is -0.144. The van der Waals surface area contributed by atoms with Crippen LogP contribution in [-0.4, -0.2) is 46.9 Å². The van der Waals surface area contributed by atoms with Crippen molar-refractivity contribution in [3.8, 4) is 11.5 Å². The Bertz CT molecular complexity index is 715. The summed E-state index contributed by atoms with van der Waals surface area (Å²) < 4.78 is 10.8. The van der Waals surface area contributed by atoms with Crippen molar-refractivity contribution in [2.45, 2.75) is 20.0 Å². The fraction of sp³-hybridized carbons (Fsp3) is 0.312. The van der Waals surface area contributed by atoms with Gasteiger partial charge in [-0.2, -0.15) is 0 Å². The van der Waals surface area contributed by atoms with Crippen molar-refractivity contribution in [3.63, 3.8) is 0 Å². The Kier molecular flexibility index (Phi) is 5.50. The van der Waals surface area contributed by atoms with E-state index < -0.39 is 12.1 Å². The van der Waals surface area contributed by atoms with Crippen molar-refractivity contribution in [2.24, 2.45) is 0 Å². The van der Waals surface area contributed by atoms with E-state index in [0.717, 1.165) is 16.7 Å². The average Bonchev–Trinajstić information content (AvgIpc) is 2.77. The first-order chi connectivity index (χ1) is 11.3. The van der Waals surface area contributed by atoms with E-state index in [1.54, 1.807) is 31.2 Å². The molecule has 1 aromatic rings. The van der Waals surface area contributed by atoms with Crippen LogP contribution < -0.4 is 9.47 Å². The van der Waals surface area contributed by atoms with Crippen molar-refractivity contribution in [1.29, 1.82) is 0 Å². The number of imide groups is 1. The molecule has 2 rings (SSSR count). The molecule has 0 unspecified atom stereocenters. The zero-order chi connectivity index (χ0) is 17.9. The number of hydrogen-bond donors (Lipinski definition) is 1. The highest BCUT2D eigenvalue weighted by Crippen LogP contribution is 2.34. The van der Waals surface area contributed by atoms with Gasteiger partial charge < -0.3 is 14.6 Å². The molecular formula is C16H17NO6S. The van der Waals surface area contributed by atoms with E-state index in [1.165, 1.54) is 14.0 Å². The molecule has 7 nitrogen and oxygen atoms in total. The van der Waals surface area contributed by atoms with Crippen molar-refractivity contribution < 1.29 is 29.0 Å². The van der Waals surface area contributed by atoms with Crippen LogP contribution in [0.3, 0.4) is 0 Å². The number of rotatable bonds is 6. The third-order valence-corrected chi connectivity index (χ3v) is 4.16.